The summed E-state index contributed by atoms with van der Waals surface area (Å²) in [5.41, 5.74) is 54.1. The molecule has 1 atom stereocenters. The zero-order chi connectivity index (χ0) is 92.5. The number of anilines is 6. The van der Waals surface area contributed by atoms with E-state index in [9.17, 15) is 0 Å². The second-order valence-electron chi connectivity index (χ2n) is 39.2. The molecule has 654 valence electrons. The summed E-state index contributed by atoms with van der Waals surface area (Å²) in [7, 11) is 0. The van der Waals surface area contributed by atoms with Gasteiger partial charge in [-0.1, -0.05) is 389 Å². The van der Waals surface area contributed by atoms with Crippen LogP contribution in [0.15, 0.2) is 478 Å². The molecule has 0 aliphatic heterocycles. The molecule has 3 nitrogen and oxygen atoms in total. The fraction of sp³-hybridized carbons (Fsp3) is 0.0365. The Bertz CT molecular complexity index is 9160. The van der Waals surface area contributed by atoms with Crippen molar-refractivity contribution in [3.63, 3.8) is 0 Å². The summed E-state index contributed by atoms with van der Waals surface area (Å²) >= 11 is 1.82. The zero-order valence-electron chi connectivity index (χ0n) is 77.0. The quantitative estimate of drug-likeness (QED) is 0.129. The van der Waals surface area contributed by atoms with Gasteiger partial charge in [0, 0.05) is 65.2 Å². The first-order valence-electron chi connectivity index (χ1n) is 49.2. The Labute approximate surface area is 821 Å². The molecule has 21 aromatic carbocycles. The van der Waals surface area contributed by atoms with Crippen LogP contribution in [0.25, 0.3) is 167 Å². The van der Waals surface area contributed by atoms with Gasteiger partial charge in [0.1, 0.15) is 11.2 Å². The molecule has 2 aromatic heterocycles. The maximum absolute atomic E-state index is 7.49. The van der Waals surface area contributed by atoms with Crippen molar-refractivity contribution in [2.24, 2.45) is 0 Å². The van der Waals surface area contributed by atoms with Gasteiger partial charge in [-0.15, -0.1) is 11.3 Å². The number of thiophene rings is 1. The average Bonchev–Trinajstić information content (AvgIpc) is 1.52. The van der Waals surface area contributed by atoms with Gasteiger partial charge in [0.15, 0.2) is 0 Å². The van der Waals surface area contributed by atoms with E-state index >= 15 is 0 Å². The van der Waals surface area contributed by atoms with Crippen LogP contribution >= 0.6 is 11.3 Å². The Kier molecular flexibility index (Phi) is 16.2. The highest BCUT2D eigenvalue weighted by molar-refractivity contribution is 7.20. The van der Waals surface area contributed by atoms with Crippen molar-refractivity contribution in [1.82, 2.24) is 0 Å². The van der Waals surface area contributed by atoms with Gasteiger partial charge >= 0.3 is 0 Å². The third kappa shape index (κ3) is 10.1. The SMILES string of the molecule is C=Cc1c(/C=C\C)sc2ccc(-c3ccccc3N(c3ccc4c(c3)C3(c5ccccc5-c5ccccc53)c3ccccc3-4)c3ccc4c(c3)C3(c5ccccc5-c5ccc(-c6cccc7c6oc6ccc(-c8ccccc8N(c8ccc9c(c8)C8(c%10ccccc%10-c%10ccccc%108)c8ccccc8-9)c8ccc9c(c8)C8(c%10ccccc%10-c%10ccccc%108)c8ccccc8-9)cc67)cc53)c3ccccc3-4)cc12. The monoisotopic (exact) mass is 1800 g/mol. The number of para-hydroxylation sites is 3. The third-order valence-electron chi connectivity index (χ3n) is 33.0. The molecule has 8 aliphatic rings. The van der Waals surface area contributed by atoms with E-state index in [1.54, 1.807) is 0 Å². The molecule has 31 rings (SSSR count). The highest BCUT2D eigenvalue weighted by atomic mass is 32.1. The van der Waals surface area contributed by atoms with Gasteiger partial charge in [0.2, 0.25) is 0 Å². The smallest absolute Gasteiger partial charge is 0.143 e. The van der Waals surface area contributed by atoms with Crippen LogP contribution in [0.3, 0.4) is 0 Å². The first-order chi connectivity index (χ1) is 69.8. The molecule has 141 heavy (non-hydrogen) atoms. The minimum atomic E-state index is -0.761. The highest BCUT2D eigenvalue weighted by Crippen LogP contribution is 2.70. The molecule has 0 N–H and O–H groups in total. The van der Waals surface area contributed by atoms with E-state index in [2.05, 4.69) is 496 Å². The van der Waals surface area contributed by atoms with Crippen molar-refractivity contribution in [2.45, 2.75) is 28.6 Å². The third-order valence-corrected chi connectivity index (χ3v) is 34.2. The van der Waals surface area contributed by atoms with Crippen LogP contribution in [-0.4, -0.2) is 0 Å². The van der Waals surface area contributed by atoms with Crippen LogP contribution in [0, 0.1) is 0 Å². The Morgan fingerprint density at radius 2 is 0.489 bits per heavy atom. The van der Waals surface area contributed by atoms with E-state index in [1.165, 1.54) is 193 Å². The largest absolute Gasteiger partial charge is 0.455 e. The Balaban J connectivity index is 0.580. The molecule has 0 radical (unpaired) electrons. The van der Waals surface area contributed by atoms with Gasteiger partial charge in [-0.05, 0) is 304 Å². The van der Waals surface area contributed by atoms with Crippen molar-refractivity contribution in [3.8, 4) is 122 Å². The van der Waals surface area contributed by atoms with E-state index < -0.39 is 21.7 Å². The maximum atomic E-state index is 7.49. The first kappa shape index (κ1) is 78.6. The standard InChI is InChI=1S/C137H84N2OS/c1-3-32-131-89(4-2)111-76-83(63-74-132(111)141-131)91-34-17-30-60-129(91)139(87-66-71-107-102-44-13-26-56-120(102)136(126(107)80-87)116-52-22-9-39-97(116)98-40-10-23-53-117(98)136)88-67-72-108-103-45-15-28-58-122(103)137(127(108)81-88)121-57-27-14-41-99(121)104-68-61-84(77-123(104)137)92-46-31-47-109-110-75-82(62-73-130(110)140-133(92)109)90-33-16-29-59-128(90)138(85-64-69-105-100-42-11-24-54-118(100)134(124(105)78-85)112-48-18-5-35-93(112)94-36-6-19-49-113(94)134)86-65-70-106-101-43-12-25-55-119(101)135(125(106)79-86)114-50-20-7-37-95(114)96-38-8-21-51-115(96)135/h3-81H,2H2,1H3/b32-3-. The van der Waals surface area contributed by atoms with Gasteiger partial charge in [-0.25, -0.2) is 0 Å². The molecule has 0 saturated carbocycles. The van der Waals surface area contributed by atoms with Crippen molar-refractivity contribution in [3.05, 3.63) is 573 Å². The van der Waals surface area contributed by atoms with Crippen LogP contribution < -0.4 is 9.80 Å². The number of furan rings is 1. The summed E-state index contributed by atoms with van der Waals surface area (Å²) in [5, 5.41) is 3.30. The van der Waals surface area contributed by atoms with Crippen molar-refractivity contribution < 1.29 is 4.42 Å². The summed E-state index contributed by atoms with van der Waals surface area (Å²) < 4.78 is 8.72. The molecule has 8 aliphatic carbocycles. The molecule has 4 heteroatoms. The number of benzene rings is 21. The van der Waals surface area contributed by atoms with E-state index in [1.807, 2.05) is 17.4 Å². The van der Waals surface area contributed by atoms with Crippen LogP contribution in [0.5, 0.6) is 0 Å². The molecule has 0 saturated heterocycles. The van der Waals surface area contributed by atoms with Crippen LogP contribution in [0.2, 0.25) is 0 Å². The lowest BCUT2D eigenvalue weighted by Gasteiger charge is -2.34. The van der Waals surface area contributed by atoms with Crippen LogP contribution in [0.1, 0.15) is 106 Å². The number of hydrogen-bond donors (Lipinski definition) is 0. The summed E-state index contributed by atoms with van der Waals surface area (Å²) in [6, 6.07) is 177. The molecule has 0 bridgehead atoms. The van der Waals surface area contributed by atoms with E-state index in [-0.39, 0.29) is 0 Å². The minimum absolute atomic E-state index is 0.577. The summed E-state index contributed by atoms with van der Waals surface area (Å²) in [5.74, 6) is 0. The number of allylic oxidation sites excluding steroid dienone is 1. The maximum Gasteiger partial charge on any atom is 0.143 e. The van der Waals surface area contributed by atoms with Crippen molar-refractivity contribution in [2.75, 3.05) is 9.80 Å². The minimum Gasteiger partial charge on any atom is -0.455 e. The fourth-order valence-electron chi connectivity index (χ4n) is 27.8. The summed E-state index contributed by atoms with van der Waals surface area (Å²) in [6.07, 6.45) is 6.38. The zero-order valence-corrected chi connectivity index (χ0v) is 77.8. The summed E-state index contributed by atoms with van der Waals surface area (Å²) in [6.45, 7) is 6.50. The molecule has 0 fully saturated rings. The summed E-state index contributed by atoms with van der Waals surface area (Å²) in [4.78, 5) is 6.38. The van der Waals surface area contributed by atoms with Gasteiger partial charge in [0.05, 0.1) is 33.0 Å². The number of hydrogen-bond acceptors (Lipinski definition) is 4. The second-order valence-corrected chi connectivity index (χ2v) is 40.3. The molecule has 4 spiro atoms. The molecule has 23 aromatic rings. The molecule has 1 unspecified atom stereocenters. The molecular weight excluding hydrogens is 1720 g/mol. The predicted molar refractivity (Wildman–Crippen MR) is 585 cm³/mol. The number of fused-ring (bicyclic) bond motifs is 44. The van der Waals surface area contributed by atoms with Gasteiger partial charge in [-0.2, -0.15) is 0 Å². The average molecular weight is 1810 g/mol. The second kappa shape index (κ2) is 29.0. The van der Waals surface area contributed by atoms with Gasteiger partial charge < -0.3 is 14.2 Å². The molecule has 2 heterocycles. The topological polar surface area (TPSA) is 19.6 Å². The predicted octanol–water partition coefficient (Wildman–Crippen LogP) is 35.8. The van der Waals surface area contributed by atoms with E-state index in [4.69, 9.17) is 4.42 Å². The Hall–Kier alpha value is -17.5. The Morgan fingerprint density at radius 3 is 0.823 bits per heavy atom. The van der Waals surface area contributed by atoms with Crippen molar-refractivity contribution >= 4 is 89.6 Å². The lowest BCUT2D eigenvalue weighted by Crippen LogP contribution is -2.26. The Morgan fingerprint density at radius 1 is 0.227 bits per heavy atom. The molecular formula is C137H84N2OS. The molecule has 0 amide bonds. The first-order valence-corrected chi connectivity index (χ1v) is 50.0. The highest BCUT2D eigenvalue weighted by Gasteiger charge is 2.57. The van der Waals surface area contributed by atoms with Gasteiger partial charge in [0.25, 0.3) is 0 Å². The van der Waals surface area contributed by atoms with E-state index in [0.29, 0.717) is 0 Å². The lowest BCUT2D eigenvalue weighted by atomic mass is 9.70. The number of rotatable bonds is 11. The normalized spacial score (nSPS) is 15.0. The number of nitrogens with zero attached hydrogens (tertiary/aromatic N) is 2. The van der Waals surface area contributed by atoms with E-state index in [0.717, 1.165) is 95.0 Å². The van der Waals surface area contributed by atoms with Gasteiger partial charge in [-0.3, -0.25) is 0 Å². The fourth-order valence-corrected chi connectivity index (χ4v) is 28.9. The van der Waals surface area contributed by atoms with Crippen molar-refractivity contribution in [1.29, 1.82) is 0 Å². The lowest BCUT2D eigenvalue weighted by molar-refractivity contribution is 0.670. The van der Waals surface area contributed by atoms with Crippen LogP contribution in [0.4, 0.5) is 34.1 Å². The van der Waals surface area contributed by atoms with Crippen LogP contribution in [-0.2, 0) is 21.7 Å².